The molecule has 0 amide bonds. The number of hydrogen-bond donors (Lipinski definition) is 1. The van der Waals surface area contributed by atoms with E-state index in [1.807, 2.05) is 20.8 Å². The van der Waals surface area contributed by atoms with Crippen LogP contribution >= 0.6 is 11.6 Å². The van der Waals surface area contributed by atoms with Crippen LogP contribution in [0.1, 0.15) is 32.5 Å². The van der Waals surface area contributed by atoms with Crippen molar-refractivity contribution in [3.63, 3.8) is 0 Å². The van der Waals surface area contributed by atoms with Gasteiger partial charge in [-0.1, -0.05) is 37.5 Å². The number of benzene rings is 1. The van der Waals surface area contributed by atoms with E-state index >= 15 is 0 Å². The zero-order valence-corrected chi connectivity index (χ0v) is 16.5. The lowest BCUT2D eigenvalue weighted by molar-refractivity contribution is 0.318. The van der Waals surface area contributed by atoms with Crippen molar-refractivity contribution in [2.75, 3.05) is 6.26 Å². The average molecular weight is 408 g/mol. The SMILES string of the molecule is CC(C)(C)c1nc(CNS(=O)(=O)c2cc(S(C)(=O)=O)ccc2Cl)no1. The first-order valence-corrected chi connectivity index (χ1v) is 10.9. The second kappa shape index (κ2) is 6.67. The Labute approximate surface area is 151 Å². The van der Waals surface area contributed by atoms with E-state index in [2.05, 4.69) is 14.9 Å². The molecule has 2 aromatic rings. The zero-order valence-electron chi connectivity index (χ0n) is 14.1. The van der Waals surface area contributed by atoms with Crippen molar-refractivity contribution < 1.29 is 21.4 Å². The number of aromatic nitrogens is 2. The Bertz CT molecular complexity index is 992. The fraction of sp³-hybridized carbons (Fsp3) is 0.429. The van der Waals surface area contributed by atoms with Gasteiger partial charge in [-0.15, -0.1) is 0 Å². The molecule has 0 aliphatic heterocycles. The van der Waals surface area contributed by atoms with E-state index in [4.69, 9.17) is 16.1 Å². The van der Waals surface area contributed by atoms with Gasteiger partial charge in [0.05, 0.1) is 16.5 Å². The molecule has 1 heterocycles. The lowest BCUT2D eigenvalue weighted by Crippen LogP contribution is -2.24. The monoisotopic (exact) mass is 407 g/mol. The predicted molar refractivity (Wildman–Crippen MR) is 91.6 cm³/mol. The molecule has 0 atom stereocenters. The van der Waals surface area contributed by atoms with Crippen molar-refractivity contribution in [3.8, 4) is 0 Å². The first-order valence-electron chi connectivity index (χ1n) is 7.13. The fourth-order valence-corrected chi connectivity index (χ4v) is 4.01. The van der Waals surface area contributed by atoms with Crippen molar-refractivity contribution in [2.45, 2.75) is 42.5 Å². The van der Waals surface area contributed by atoms with Gasteiger partial charge in [0, 0.05) is 11.7 Å². The molecule has 0 saturated carbocycles. The van der Waals surface area contributed by atoms with Gasteiger partial charge in [0.25, 0.3) is 0 Å². The molecule has 25 heavy (non-hydrogen) atoms. The molecule has 0 saturated heterocycles. The molecule has 1 aromatic heterocycles. The molecule has 0 unspecified atom stereocenters. The average Bonchev–Trinajstić information content (AvgIpc) is 2.93. The van der Waals surface area contributed by atoms with E-state index in [9.17, 15) is 16.8 Å². The number of rotatable bonds is 5. The number of sulfonamides is 1. The smallest absolute Gasteiger partial charge is 0.242 e. The second-order valence-corrected chi connectivity index (χ2v) is 10.6. The molecule has 1 aromatic carbocycles. The van der Waals surface area contributed by atoms with E-state index in [0.717, 1.165) is 12.3 Å². The van der Waals surface area contributed by atoms with Crippen LogP contribution in [0.2, 0.25) is 5.02 Å². The van der Waals surface area contributed by atoms with Gasteiger partial charge in [-0.25, -0.2) is 21.6 Å². The lowest BCUT2D eigenvalue weighted by atomic mass is 9.97. The van der Waals surface area contributed by atoms with Gasteiger partial charge in [-0.2, -0.15) is 4.98 Å². The first kappa shape index (κ1) is 19.8. The molecular weight excluding hydrogens is 390 g/mol. The third-order valence-corrected chi connectivity index (χ3v) is 6.14. The summed E-state index contributed by atoms with van der Waals surface area (Å²) in [5.74, 6) is 0.530. The maximum Gasteiger partial charge on any atom is 0.242 e. The van der Waals surface area contributed by atoms with Gasteiger partial charge in [-0.05, 0) is 18.2 Å². The summed E-state index contributed by atoms with van der Waals surface area (Å²) in [7, 11) is -7.64. The number of hydrogen-bond acceptors (Lipinski definition) is 7. The van der Waals surface area contributed by atoms with Crippen LogP contribution in [0.4, 0.5) is 0 Å². The first-order chi connectivity index (χ1) is 11.3. The molecular formula is C14H18ClN3O5S2. The van der Waals surface area contributed by atoms with E-state index in [1.165, 1.54) is 12.1 Å². The summed E-state index contributed by atoms with van der Waals surface area (Å²) in [6.07, 6.45) is 0.980. The highest BCUT2D eigenvalue weighted by Gasteiger charge is 2.24. The van der Waals surface area contributed by atoms with E-state index < -0.39 is 19.9 Å². The van der Waals surface area contributed by atoms with Gasteiger partial charge < -0.3 is 4.52 Å². The van der Waals surface area contributed by atoms with E-state index in [0.29, 0.717) is 5.89 Å². The van der Waals surface area contributed by atoms with Gasteiger partial charge in [0.1, 0.15) is 4.90 Å². The van der Waals surface area contributed by atoms with Gasteiger partial charge in [-0.3, -0.25) is 0 Å². The molecule has 11 heteroatoms. The Morgan fingerprint density at radius 1 is 1.20 bits per heavy atom. The fourth-order valence-electron chi connectivity index (χ4n) is 1.79. The summed E-state index contributed by atoms with van der Waals surface area (Å²) in [6, 6.07) is 3.47. The minimum Gasteiger partial charge on any atom is -0.339 e. The maximum atomic E-state index is 12.4. The minimum absolute atomic E-state index is 0.0941. The third-order valence-electron chi connectivity index (χ3n) is 3.15. The summed E-state index contributed by atoms with van der Waals surface area (Å²) in [6.45, 7) is 5.42. The van der Waals surface area contributed by atoms with Crippen molar-refractivity contribution in [1.29, 1.82) is 0 Å². The standard InChI is InChI=1S/C14H18ClN3O5S2/c1-14(2,3)13-17-12(18-23-13)8-16-25(21,22)11-7-9(24(4,19)20)5-6-10(11)15/h5-7,16H,8H2,1-4H3. The molecule has 0 fully saturated rings. The van der Waals surface area contributed by atoms with Crippen molar-refractivity contribution in [1.82, 2.24) is 14.9 Å². The molecule has 8 nitrogen and oxygen atoms in total. The third kappa shape index (κ3) is 4.78. The summed E-state index contributed by atoms with van der Waals surface area (Å²) < 4.78 is 55.5. The Hall–Kier alpha value is -1.49. The van der Waals surface area contributed by atoms with Gasteiger partial charge in [0.2, 0.25) is 15.9 Å². The Morgan fingerprint density at radius 2 is 1.84 bits per heavy atom. The van der Waals surface area contributed by atoms with Crippen LogP contribution in [0.3, 0.4) is 0 Å². The van der Waals surface area contributed by atoms with Crippen LogP contribution in [0, 0.1) is 0 Å². The number of nitrogens with one attached hydrogen (secondary N) is 1. The molecule has 0 aliphatic carbocycles. The zero-order chi connectivity index (χ0) is 19.0. The summed E-state index contributed by atoms with van der Waals surface area (Å²) in [5.41, 5.74) is -0.364. The molecule has 1 N–H and O–H groups in total. The molecule has 2 rings (SSSR count). The highest BCUT2D eigenvalue weighted by molar-refractivity contribution is 7.91. The topological polar surface area (TPSA) is 119 Å². The highest BCUT2D eigenvalue weighted by Crippen LogP contribution is 2.25. The highest BCUT2D eigenvalue weighted by atomic mass is 35.5. The number of sulfone groups is 1. The summed E-state index contributed by atoms with van der Waals surface area (Å²) in [5, 5.41) is 3.62. The Morgan fingerprint density at radius 3 is 2.36 bits per heavy atom. The van der Waals surface area contributed by atoms with Crippen LogP contribution in [0.25, 0.3) is 0 Å². The predicted octanol–water partition coefficient (Wildman–Crippen LogP) is 1.90. The molecule has 0 bridgehead atoms. The van der Waals surface area contributed by atoms with Crippen LogP contribution in [0.5, 0.6) is 0 Å². The van der Waals surface area contributed by atoms with Crippen LogP contribution in [0.15, 0.2) is 32.5 Å². The van der Waals surface area contributed by atoms with E-state index in [-0.39, 0.29) is 32.6 Å². The summed E-state index contributed by atoms with van der Waals surface area (Å²) in [4.78, 5) is 3.64. The van der Waals surface area contributed by atoms with Gasteiger partial charge in [0.15, 0.2) is 15.7 Å². The maximum absolute atomic E-state index is 12.4. The Balaban J connectivity index is 2.27. The van der Waals surface area contributed by atoms with Crippen LogP contribution in [-0.2, 0) is 31.8 Å². The minimum atomic E-state index is -4.07. The quantitative estimate of drug-likeness (QED) is 0.803. The van der Waals surface area contributed by atoms with Crippen molar-refractivity contribution in [3.05, 3.63) is 34.9 Å². The molecule has 138 valence electrons. The molecule has 0 spiro atoms. The Kier molecular flexibility index (Phi) is 5.29. The molecule has 0 aliphatic rings. The van der Waals surface area contributed by atoms with Crippen LogP contribution in [-0.4, -0.2) is 33.2 Å². The van der Waals surface area contributed by atoms with Crippen molar-refractivity contribution in [2.24, 2.45) is 0 Å². The molecule has 0 radical (unpaired) electrons. The van der Waals surface area contributed by atoms with Gasteiger partial charge >= 0.3 is 0 Å². The second-order valence-electron chi connectivity index (χ2n) is 6.45. The number of halogens is 1. The number of nitrogens with zero attached hydrogens (tertiary/aromatic N) is 2. The van der Waals surface area contributed by atoms with Crippen LogP contribution < -0.4 is 4.72 Å². The van der Waals surface area contributed by atoms with E-state index in [1.54, 1.807) is 0 Å². The summed E-state index contributed by atoms with van der Waals surface area (Å²) >= 11 is 5.91. The lowest BCUT2D eigenvalue weighted by Gasteiger charge is -2.10. The largest absolute Gasteiger partial charge is 0.339 e. The normalized spacial score (nSPS) is 13.2. The van der Waals surface area contributed by atoms with Crippen molar-refractivity contribution >= 4 is 31.5 Å².